The standard InChI is InChI=1S/C17H22N6S.2ClH/c1-2-23-15-10-13-12(9-14(15)21-17(23)24)16(20-11-19-13)18-5-8-22-6-3-4-7-22;;/h9-11H,2-8H2,1H3,(H,21,24)(H,18,19,20);2*1H. The van der Waals surface area contributed by atoms with Crippen LogP contribution in [0.3, 0.4) is 0 Å². The molecule has 0 saturated carbocycles. The summed E-state index contributed by atoms with van der Waals surface area (Å²) in [7, 11) is 0. The van der Waals surface area contributed by atoms with Gasteiger partial charge in [-0.2, -0.15) is 0 Å². The largest absolute Gasteiger partial charge is 0.368 e. The molecule has 0 aliphatic carbocycles. The van der Waals surface area contributed by atoms with E-state index in [1.165, 1.54) is 25.9 Å². The third-order valence-corrected chi connectivity index (χ3v) is 5.09. The van der Waals surface area contributed by atoms with Crippen LogP contribution in [0.5, 0.6) is 0 Å². The molecule has 1 aliphatic heterocycles. The number of aromatic amines is 1. The maximum atomic E-state index is 5.41. The Bertz CT molecular complexity index is 932. The van der Waals surface area contributed by atoms with E-state index in [0.717, 1.165) is 52.2 Å². The summed E-state index contributed by atoms with van der Waals surface area (Å²) in [6.07, 6.45) is 4.27. The first-order valence-corrected chi connectivity index (χ1v) is 9.00. The Hall–Kier alpha value is -1.41. The van der Waals surface area contributed by atoms with Crippen molar-refractivity contribution in [2.24, 2.45) is 0 Å². The van der Waals surface area contributed by atoms with Gasteiger partial charge in [-0.1, -0.05) is 0 Å². The molecule has 0 unspecified atom stereocenters. The van der Waals surface area contributed by atoms with E-state index in [1.807, 2.05) is 0 Å². The number of fused-ring (bicyclic) bond motifs is 2. The second-order valence-corrected chi connectivity index (χ2v) is 6.65. The van der Waals surface area contributed by atoms with Gasteiger partial charge in [-0.3, -0.25) is 0 Å². The Balaban J connectivity index is 0.00000121. The van der Waals surface area contributed by atoms with Gasteiger partial charge in [0.05, 0.1) is 16.6 Å². The van der Waals surface area contributed by atoms with Crippen molar-refractivity contribution in [3.63, 3.8) is 0 Å². The number of hydrogen-bond acceptors (Lipinski definition) is 5. The van der Waals surface area contributed by atoms with E-state index in [-0.39, 0.29) is 24.8 Å². The SMILES string of the molecule is CCn1c(=S)[nH]c2cc3c(NCCN4CCCC4)ncnc3cc21.Cl.Cl. The maximum absolute atomic E-state index is 5.41. The number of rotatable bonds is 5. The molecule has 0 bridgehead atoms. The number of H-pyrrole nitrogens is 1. The maximum Gasteiger partial charge on any atom is 0.178 e. The third kappa shape index (κ3) is 3.96. The summed E-state index contributed by atoms with van der Waals surface area (Å²) < 4.78 is 2.84. The number of aromatic nitrogens is 4. The van der Waals surface area contributed by atoms with Crippen molar-refractivity contribution >= 4 is 64.8 Å². The quantitative estimate of drug-likeness (QED) is 0.617. The zero-order chi connectivity index (χ0) is 16.5. The van der Waals surface area contributed by atoms with E-state index in [2.05, 4.69) is 48.8 Å². The minimum absolute atomic E-state index is 0. The van der Waals surface area contributed by atoms with Crippen molar-refractivity contribution in [1.82, 2.24) is 24.4 Å². The average molecular weight is 415 g/mol. The molecule has 1 fully saturated rings. The highest BCUT2D eigenvalue weighted by atomic mass is 35.5. The van der Waals surface area contributed by atoms with Crippen LogP contribution < -0.4 is 5.32 Å². The van der Waals surface area contributed by atoms with Gasteiger partial charge in [0.15, 0.2) is 4.77 Å². The highest BCUT2D eigenvalue weighted by Gasteiger charge is 2.12. The highest BCUT2D eigenvalue weighted by molar-refractivity contribution is 7.71. The highest BCUT2D eigenvalue weighted by Crippen LogP contribution is 2.25. The molecule has 6 nitrogen and oxygen atoms in total. The lowest BCUT2D eigenvalue weighted by Crippen LogP contribution is -2.26. The van der Waals surface area contributed by atoms with E-state index in [9.17, 15) is 0 Å². The molecule has 9 heteroatoms. The van der Waals surface area contributed by atoms with Crippen molar-refractivity contribution in [3.8, 4) is 0 Å². The zero-order valence-electron chi connectivity index (χ0n) is 14.7. The Labute approximate surface area is 170 Å². The van der Waals surface area contributed by atoms with Crippen molar-refractivity contribution in [2.75, 3.05) is 31.5 Å². The fraction of sp³-hybridized carbons (Fsp3) is 0.471. The van der Waals surface area contributed by atoms with Crippen LogP contribution in [0.15, 0.2) is 18.5 Å². The number of halogens is 2. The molecule has 3 aromatic rings. The van der Waals surface area contributed by atoms with Gasteiger partial charge in [-0.05, 0) is 57.2 Å². The molecule has 3 heterocycles. The molecule has 0 amide bonds. The van der Waals surface area contributed by atoms with Gasteiger partial charge in [0.25, 0.3) is 0 Å². The van der Waals surface area contributed by atoms with Crippen LogP contribution in [0, 0.1) is 4.77 Å². The number of aryl methyl sites for hydroxylation is 1. The van der Waals surface area contributed by atoms with Gasteiger partial charge in [0.1, 0.15) is 12.1 Å². The molecule has 1 aliphatic rings. The Morgan fingerprint density at radius 2 is 1.96 bits per heavy atom. The summed E-state index contributed by atoms with van der Waals surface area (Å²) in [5.74, 6) is 0.893. The predicted molar refractivity (Wildman–Crippen MR) is 115 cm³/mol. The fourth-order valence-electron chi connectivity index (χ4n) is 3.50. The number of nitrogens with one attached hydrogen (secondary N) is 2. The Morgan fingerprint density at radius 1 is 1.19 bits per heavy atom. The van der Waals surface area contributed by atoms with Crippen molar-refractivity contribution in [2.45, 2.75) is 26.3 Å². The molecule has 4 rings (SSSR count). The van der Waals surface area contributed by atoms with Crippen molar-refractivity contribution in [1.29, 1.82) is 0 Å². The Morgan fingerprint density at radius 3 is 2.69 bits per heavy atom. The predicted octanol–water partition coefficient (Wildman–Crippen LogP) is 4.01. The summed E-state index contributed by atoms with van der Waals surface area (Å²) in [6.45, 7) is 7.33. The summed E-state index contributed by atoms with van der Waals surface area (Å²) in [4.78, 5) is 14.7. The van der Waals surface area contributed by atoms with E-state index < -0.39 is 0 Å². The second-order valence-electron chi connectivity index (χ2n) is 6.26. The summed E-state index contributed by atoms with van der Waals surface area (Å²) >= 11 is 5.41. The summed E-state index contributed by atoms with van der Waals surface area (Å²) in [6, 6.07) is 4.19. The molecule has 0 atom stereocenters. The van der Waals surface area contributed by atoms with Gasteiger partial charge >= 0.3 is 0 Å². The van der Waals surface area contributed by atoms with Crippen LogP contribution in [0.2, 0.25) is 0 Å². The zero-order valence-corrected chi connectivity index (χ0v) is 17.1. The van der Waals surface area contributed by atoms with Gasteiger partial charge < -0.3 is 19.8 Å². The van der Waals surface area contributed by atoms with Crippen LogP contribution >= 0.6 is 37.0 Å². The summed E-state index contributed by atoms with van der Waals surface area (Å²) in [5, 5.41) is 4.51. The van der Waals surface area contributed by atoms with E-state index in [1.54, 1.807) is 6.33 Å². The van der Waals surface area contributed by atoms with Crippen LogP contribution in [0.4, 0.5) is 5.82 Å². The molecule has 0 spiro atoms. The van der Waals surface area contributed by atoms with Crippen LogP contribution in [0.1, 0.15) is 19.8 Å². The minimum Gasteiger partial charge on any atom is -0.368 e. The third-order valence-electron chi connectivity index (χ3n) is 4.77. The first-order chi connectivity index (χ1) is 11.8. The molecule has 2 aromatic heterocycles. The van der Waals surface area contributed by atoms with E-state index >= 15 is 0 Å². The minimum atomic E-state index is 0. The number of likely N-dealkylation sites (tertiary alicyclic amines) is 1. The van der Waals surface area contributed by atoms with Crippen LogP contribution in [-0.2, 0) is 6.54 Å². The number of anilines is 1. The van der Waals surface area contributed by atoms with Gasteiger partial charge in [0, 0.05) is 25.0 Å². The lowest BCUT2D eigenvalue weighted by molar-refractivity contribution is 0.352. The first-order valence-electron chi connectivity index (χ1n) is 8.60. The molecular formula is C17H24Cl2N6S. The number of nitrogens with zero attached hydrogens (tertiary/aromatic N) is 4. The number of benzene rings is 1. The number of hydrogen-bond donors (Lipinski definition) is 2. The molecule has 0 radical (unpaired) electrons. The number of imidazole rings is 1. The molecule has 142 valence electrons. The monoisotopic (exact) mass is 414 g/mol. The second kappa shape index (κ2) is 8.99. The van der Waals surface area contributed by atoms with Crippen molar-refractivity contribution < 1.29 is 0 Å². The van der Waals surface area contributed by atoms with Crippen LogP contribution in [-0.4, -0.2) is 50.6 Å². The fourth-order valence-corrected chi connectivity index (χ4v) is 3.84. The summed E-state index contributed by atoms with van der Waals surface area (Å²) in [5.41, 5.74) is 3.07. The van der Waals surface area contributed by atoms with E-state index in [4.69, 9.17) is 12.2 Å². The van der Waals surface area contributed by atoms with Crippen LogP contribution in [0.25, 0.3) is 21.9 Å². The molecule has 2 N–H and O–H groups in total. The normalized spacial score (nSPS) is 14.3. The topological polar surface area (TPSA) is 61.8 Å². The smallest absolute Gasteiger partial charge is 0.178 e. The van der Waals surface area contributed by atoms with Gasteiger partial charge in [-0.25, -0.2) is 9.97 Å². The molecule has 1 saturated heterocycles. The van der Waals surface area contributed by atoms with Crippen molar-refractivity contribution in [3.05, 3.63) is 23.2 Å². The molecular weight excluding hydrogens is 391 g/mol. The van der Waals surface area contributed by atoms with Gasteiger partial charge in [0.2, 0.25) is 0 Å². The lowest BCUT2D eigenvalue weighted by atomic mass is 10.2. The Kier molecular flexibility index (Phi) is 7.23. The first kappa shape index (κ1) is 20.9. The van der Waals surface area contributed by atoms with E-state index in [0.29, 0.717) is 0 Å². The average Bonchev–Trinajstić information content (AvgIpc) is 3.19. The molecule has 26 heavy (non-hydrogen) atoms. The van der Waals surface area contributed by atoms with Gasteiger partial charge in [-0.15, -0.1) is 24.8 Å². The molecule has 1 aromatic carbocycles. The lowest BCUT2D eigenvalue weighted by Gasteiger charge is -2.15.